The van der Waals surface area contributed by atoms with Gasteiger partial charge in [-0.3, -0.25) is 14.2 Å². The van der Waals surface area contributed by atoms with Crippen LogP contribution in [0.3, 0.4) is 0 Å². The molecule has 2 aliphatic heterocycles. The average Bonchev–Trinajstić information content (AvgIpc) is 3.45. The van der Waals surface area contributed by atoms with E-state index in [2.05, 4.69) is 19.9 Å². The molecule has 0 saturated carbocycles. The van der Waals surface area contributed by atoms with Crippen LogP contribution in [-0.4, -0.2) is 76.1 Å². The van der Waals surface area contributed by atoms with Crippen molar-refractivity contribution in [3.63, 3.8) is 0 Å². The van der Waals surface area contributed by atoms with E-state index in [0.717, 1.165) is 34.5 Å². The van der Waals surface area contributed by atoms with Gasteiger partial charge in [-0.2, -0.15) is 0 Å². The molecule has 188 valence electrons. The second-order valence-electron chi connectivity index (χ2n) is 9.33. The summed E-state index contributed by atoms with van der Waals surface area (Å²) in [5.41, 5.74) is 2.80. The molecule has 1 atom stereocenters. The molecule has 0 spiro atoms. The van der Waals surface area contributed by atoms with Gasteiger partial charge in [0.25, 0.3) is 0 Å². The predicted molar refractivity (Wildman–Crippen MR) is 136 cm³/mol. The third-order valence-corrected chi connectivity index (χ3v) is 7.08. The average molecular weight is 490 g/mol. The molecular weight excluding hydrogens is 458 g/mol. The zero-order valence-corrected chi connectivity index (χ0v) is 21.1. The van der Waals surface area contributed by atoms with E-state index in [0.29, 0.717) is 38.5 Å². The molecule has 2 amide bonds. The molecule has 4 heterocycles. The van der Waals surface area contributed by atoms with Crippen LogP contribution in [0.25, 0.3) is 5.82 Å². The van der Waals surface area contributed by atoms with Gasteiger partial charge in [0.15, 0.2) is 0 Å². The first kappa shape index (κ1) is 23.8. The van der Waals surface area contributed by atoms with Crippen LogP contribution in [0.2, 0.25) is 0 Å². The number of piperazine rings is 1. The fourth-order valence-corrected chi connectivity index (χ4v) is 4.85. The lowest BCUT2D eigenvalue weighted by Crippen LogP contribution is -2.51. The first-order valence-electron chi connectivity index (χ1n) is 12.2. The Morgan fingerprint density at radius 1 is 1.00 bits per heavy atom. The summed E-state index contributed by atoms with van der Waals surface area (Å²) >= 11 is 0. The van der Waals surface area contributed by atoms with Crippen molar-refractivity contribution in [2.24, 2.45) is 5.92 Å². The lowest BCUT2D eigenvalue weighted by molar-refractivity contribution is -0.136. The van der Waals surface area contributed by atoms with Gasteiger partial charge in [-0.1, -0.05) is 0 Å². The molecule has 2 saturated heterocycles. The highest BCUT2D eigenvalue weighted by Gasteiger charge is 2.38. The zero-order valence-electron chi connectivity index (χ0n) is 21.1. The SMILES string of the molecule is COc1ccc(N2CC(C(=O)N3CCN(c4cc(-n5cnc(C)c5C)nc(C)n4)CC3)CC2=O)cc1. The number of methoxy groups -OCH3 is 1. The number of ether oxygens (including phenoxy) is 1. The van der Waals surface area contributed by atoms with E-state index < -0.39 is 0 Å². The number of imidazole rings is 1. The van der Waals surface area contributed by atoms with Crippen LogP contribution in [0.15, 0.2) is 36.7 Å². The van der Waals surface area contributed by atoms with Crippen LogP contribution in [0.1, 0.15) is 23.6 Å². The van der Waals surface area contributed by atoms with Gasteiger partial charge >= 0.3 is 0 Å². The Kier molecular flexibility index (Phi) is 6.34. The highest BCUT2D eigenvalue weighted by atomic mass is 16.5. The summed E-state index contributed by atoms with van der Waals surface area (Å²) in [6, 6.07) is 9.33. The van der Waals surface area contributed by atoms with Crippen LogP contribution < -0.4 is 14.5 Å². The molecule has 0 aliphatic carbocycles. The molecule has 10 nitrogen and oxygen atoms in total. The number of benzene rings is 1. The third-order valence-electron chi connectivity index (χ3n) is 7.08. The minimum atomic E-state index is -0.327. The third kappa shape index (κ3) is 4.50. The van der Waals surface area contributed by atoms with Crippen molar-refractivity contribution in [1.82, 2.24) is 24.4 Å². The van der Waals surface area contributed by atoms with Gasteiger partial charge in [0.05, 0.1) is 18.7 Å². The molecule has 2 aromatic heterocycles. The number of hydrogen-bond donors (Lipinski definition) is 0. The van der Waals surface area contributed by atoms with E-state index in [1.807, 2.05) is 60.6 Å². The van der Waals surface area contributed by atoms with Crippen molar-refractivity contribution in [3.05, 3.63) is 53.9 Å². The predicted octanol–water partition coefficient (Wildman–Crippen LogP) is 2.30. The number of amides is 2. The number of nitrogens with zero attached hydrogens (tertiary/aromatic N) is 7. The van der Waals surface area contributed by atoms with Crippen molar-refractivity contribution in [1.29, 1.82) is 0 Å². The normalized spacial score (nSPS) is 18.2. The van der Waals surface area contributed by atoms with E-state index >= 15 is 0 Å². The number of aryl methyl sites for hydroxylation is 2. The molecule has 5 rings (SSSR count). The molecule has 0 radical (unpaired) electrons. The molecule has 3 aromatic rings. The summed E-state index contributed by atoms with van der Waals surface area (Å²) in [6.45, 7) is 8.82. The van der Waals surface area contributed by atoms with Gasteiger partial charge in [0, 0.05) is 56.6 Å². The highest BCUT2D eigenvalue weighted by Crippen LogP contribution is 2.28. The first-order chi connectivity index (χ1) is 17.3. The maximum absolute atomic E-state index is 13.3. The van der Waals surface area contributed by atoms with Gasteiger partial charge in [0.1, 0.15) is 29.5 Å². The Bertz CT molecular complexity index is 1280. The van der Waals surface area contributed by atoms with Crippen LogP contribution >= 0.6 is 0 Å². The van der Waals surface area contributed by atoms with Gasteiger partial charge < -0.3 is 19.4 Å². The smallest absolute Gasteiger partial charge is 0.228 e. The van der Waals surface area contributed by atoms with E-state index in [1.54, 1.807) is 18.3 Å². The van der Waals surface area contributed by atoms with Crippen molar-refractivity contribution in [2.75, 3.05) is 49.6 Å². The molecule has 1 unspecified atom stereocenters. The Morgan fingerprint density at radius 3 is 2.33 bits per heavy atom. The molecule has 10 heteroatoms. The quantitative estimate of drug-likeness (QED) is 0.543. The van der Waals surface area contributed by atoms with Gasteiger partial charge in [0.2, 0.25) is 11.8 Å². The standard InChI is InChI=1S/C26H31N7O3/c1-17-18(2)33(16-27-17)24-14-23(28-19(3)29-24)30-9-11-31(12-10-30)26(35)20-13-25(34)32(15-20)21-5-7-22(36-4)8-6-21/h5-8,14,16,20H,9-13,15H2,1-4H3. The maximum Gasteiger partial charge on any atom is 0.228 e. The highest BCUT2D eigenvalue weighted by molar-refractivity contribution is 6.00. The lowest BCUT2D eigenvalue weighted by atomic mass is 10.1. The Balaban J connectivity index is 1.23. The van der Waals surface area contributed by atoms with Crippen molar-refractivity contribution < 1.29 is 14.3 Å². The number of aromatic nitrogens is 4. The van der Waals surface area contributed by atoms with Crippen LogP contribution in [0.4, 0.5) is 11.5 Å². The summed E-state index contributed by atoms with van der Waals surface area (Å²) in [5, 5.41) is 0. The lowest BCUT2D eigenvalue weighted by Gasteiger charge is -2.36. The zero-order chi connectivity index (χ0) is 25.4. The van der Waals surface area contributed by atoms with Gasteiger partial charge in [-0.05, 0) is 45.0 Å². The topological polar surface area (TPSA) is 96.7 Å². The van der Waals surface area contributed by atoms with E-state index in [1.165, 1.54) is 0 Å². The Labute approximate surface area is 210 Å². The van der Waals surface area contributed by atoms with E-state index in [4.69, 9.17) is 4.74 Å². The number of rotatable bonds is 5. The molecule has 0 bridgehead atoms. The number of hydrogen-bond acceptors (Lipinski definition) is 7. The van der Waals surface area contributed by atoms with E-state index in [-0.39, 0.29) is 24.2 Å². The maximum atomic E-state index is 13.3. The fraction of sp³-hybridized carbons (Fsp3) is 0.423. The molecule has 2 fully saturated rings. The van der Waals surface area contributed by atoms with Crippen LogP contribution in [0, 0.1) is 26.7 Å². The number of carbonyl (C=O) groups is 2. The minimum absolute atomic E-state index is 0.0221. The molecule has 0 N–H and O–H groups in total. The summed E-state index contributed by atoms with van der Waals surface area (Å²) < 4.78 is 7.17. The van der Waals surface area contributed by atoms with Crippen molar-refractivity contribution in [3.8, 4) is 11.6 Å². The van der Waals surface area contributed by atoms with Crippen LogP contribution in [0.5, 0.6) is 5.75 Å². The van der Waals surface area contributed by atoms with Crippen molar-refractivity contribution >= 4 is 23.3 Å². The number of carbonyl (C=O) groups excluding carboxylic acids is 2. The van der Waals surface area contributed by atoms with Crippen LogP contribution in [-0.2, 0) is 9.59 Å². The second-order valence-corrected chi connectivity index (χ2v) is 9.33. The largest absolute Gasteiger partial charge is 0.497 e. The van der Waals surface area contributed by atoms with E-state index in [9.17, 15) is 9.59 Å². The molecule has 36 heavy (non-hydrogen) atoms. The van der Waals surface area contributed by atoms with Gasteiger partial charge in [-0.25, -0.2) is 15.0 Å². The summed E-state index contributed by atoms with van der Waals surface area (Å²) in [6.07, 6.45) is 2.02. The monoisotopic (exact) mass is 489 g/mol. The fourth-order valence-electron chi connectivity index (χ4n) is 4.85. The number of anilines is 2. The first-order valence-corrected chi connectivity index (χ1v) is 12.2. The summed E-state index contributed by atoms with van der Waals surface area (Å²) in [5.74, 6) is 2.75. The Morgan fingerprint density at radius 2 is 1.69 bits per heavy atom. The summed E-state index contributed by atoms with van der Waals surface area (Å²) in [4.78, 5) is 45.3. The molecule has 1 aromatic carbocycles. The molecular formula is C26H31N7O3. The molecule has 2 aliphatic rings. The van der Waals surface area contributed by atoms with Crippen molar-refractivity contribution in [2.45, 2.75) is 27.2 Å². The second kappa shape index (κ2) is 9.60. The Hall–Kier alpha value is -3.95. The summed E-state index contributed by atoms with van der Waals surface area (Å²) in [7, 11) is 1.61. The van der Waals surface area contributed by atoms with Gasteiger partial charge in [-0.15, -0.1) is 0 Å². The minimum Gasteiger partial charge on any atom is -0.497 e.